The predicted octanol–water partition coefficient (Wildman–Crippen LogP) is 2.81. The third-order valence-electron chi connectivity index (χ3n) is 4.60. The Hall–Kier alpha value is -2.28. The number of carbonyl (C=O) groups is 1. The van der Waals surface area contributed by atoms with Crippen LogP contribution in [0, 0.1) is 12.7 Å². The predicted molar refractivity (Wildman–Crippen MR) is 88.1 cm³/mol. The van der Waals surface area contributed by atoms with Gasteiger partial charge in [0.05, 0.1) is 12.0 Å². The summed E-state index contributed by atoms with van der Waals surface area (Å²) in [5.41, 5.74) is -0.734. The molecule has 1 heterocycles. The molecule has 6 nitrogen and oxygen atoms in total. The van der Waals surface area contributed by atoms with Gasteiger partial charge in [0.15, 0.2) is 5.82 Å². The molecule has 1 atom stereocenters. The van der Waals surface area contributed by atoms with E-state index < -0.39 is 17.5 Å². The quantitative estimate of drug-likeness (QED) is 0.868. The molecule has 1 aromatic carbocycles. The summed E-state index contributed by atoms with van der Waals surface area (Å²) < 4.78 is 19.2. The van der Waals surface area contributed by atoms with E-state index in [1.807, 2.05) is 0 Å². The van der Waals surface area contributed by atoms with Crippen LogP contribution in [0.3, 0.4) is 0 Å². The van der Waals surface area contributed by atoms with Gasteiger partial charge in [-0.1, -0.05) is 42.6 Å². The van der Waals surface area contributed by atoms with Gasteiger partial charge in [0.1, 0.15) is 11.9 Å². The fraction of sp³-hybridized carbons (Fsp3) is 0.500. The molecule has 1 amide bonds. The molecule has 0 bridgehead atoms. The first-order valence-corrected chi connectivity index (χ1v) is 8.53. The Kier molecular flexibility index (Phi) is 5.13. The Bertz CT molecular complexity index is 741. The van der Waals surface area contributed by atoms with E-state index in [1.165, 1.54) is 6.07 Å². The number of nitrogens with zero attached hydrogens (tertiary/aromatic N) is 2. The van der Waals surface area contributed by atoms with Gasteiger partial charge in [-0.25, -0.2) is 4.39 Å². The molecule has 134 valence electrons. The van der Waals surface area contributed by atoms with Crippen molar-refractivity contribution in [3.63, 3.8) is 0 Å². The largest absolute Gasteiger partial charge is 0.389 e. The maximum Gasteiger partial charge on any atom is 0.223 e. The Morgan fingerprint density at radius 1 is 1.36 bits per heavy atom. The lowest BCUT2D eigenvalue weighted by Gasteiger charge is -2.31. The number of hydrogen-bond donors (Lipinski definition) is 2. The normalized spacial score (nSPS) is 17.9. The van der Waals surface area contributed by atoms with Gasteiger partial charge < -0.3 is 14.9 Å². The molecule has 0 radical (unpaired) electrons. The third kappa shape index (κ3) is 4.22. The van der Waals surface area contributed by atoms with Crippen molar-refractivity contribution in [2.24, 2.45) is 0 Å². The molecule has 0 aliphatic heterocycles. The van der Waals surface area contributed by atoms with Crippen molar-refractivity contribution < 1.29 is 18.8 Å². The van der Waals surface area contributed by atoms with Gasteiger partial charge in [0.2, 0.25) is 11.8 Å². The van der Waals surface area contributed by atoms with E-state index in [2.05, 4.69) is 15.5 Å². The van der Waals surface area contributed by atoms with Gasteiger partial charge in [-0.2, -0.15) is 4.98 Å². The van der Waals surface area contributed by atoms with Crippen LogP contribution in [0.25, 0.3) is 0 Å². The number of aliphatic hydroxyl groups is 1. The highest BCUT2D eigenvalue weighted by Gasteiger charge is 2.33. The van der Waals surface area contributed by atoms with E-state index in [0.29, 0.717) is 18.7 Å². The second kappa shape index (κ2) is 7.31. The molecule has 2 aromatic rings. The number of rotatable bonds is 5. The van der Waals surface area contributed by atoms with Gasteiger partial charge in [-0.3, -0.25) is 4.79 Å². The highest BCUT2D eigenvalue weighted by Crippen LogP contribution is 2.31. The summed E-state index contributed by atoms with van der Waals surface area (Å²) in [5.74, 6) is -0.310. The van der Waals surface area contributed by atoms with Crippen LogP contribution in [0.5, 0.6) is 0 Å². The number of halogens is 1. The first-order chi connectivity index (χ1) is 12.0. The van der Waals surface area contributed by atoms with Gasteiger partial charge in [0, 0.05) is 12.5 Å². The lowest BCUT2D eigenvalue weighted by atomic mass is 9.82. The second-order valence-corrected chi connectivity index (χ2v) is 6.66. The van der Waals surface area contributed by atoms with E-state index in [0.717, 1.165) is 19.3 Å². The van der Waals surface area contributed by atoms with E-state index >= 15 is 0 Å². The summed E-state index contributed by atoms with van der Waals surface area (Å²) in [7, 11) is 0. The number of carbonyl (C=O) groups excluding carboxylic acids is 1. The molecule has 0 saturated heterocycles. The molecule has 1 saturated carbocycles. The zero-order valence-electron chi connectivity index (χ0n) is 14.2. The summed E-state index contributed by atoms with van der Waals surface area (Å²) in [6, 6.07) is 5.28. The Morgan fingerprint density at radius 2 is 2.08 bits per heavy atom. The van der Waals surface area contributed by atoms with Crippen LogP contribution in [0.4, 0.5) is 4.39 Å². The average molecular weight is 347 g/mol. The molecule has 3 rings (SSSR count). The topological polar surface area (TPSA) is 88.2 Å². The first-order valence-electron chi connectivity index (χ1n) is 8.53. The molecular weight excluding hydrogens is 325 g/mol. The SMILES string of the molecule is Cc1nc(C(NC(=O)CC2(O)CCCCC2)c2ccccc2F)no1. The van der Waals surface area contributed by atoms with Crippen LogP contribution >= 0.6 is 0 Å². The van der Waals surface area contributed by atoms with Gasteiger partial charge in [-0.05, 0) is 18.9 Å². The van der Waals surface area contributed by atoms with Crippen molar-refractivity contribution in [3.05, 3.63) is 47.4 Å². The average Bonchev–Trinajstić information content (AvgIpc) is 3.00. The number of amides is 1. The lowest BCUT2D eigenvalue weighted by Crippen LogP contribution is -2.40. The molecule has 1 unspecified atom stereocenters. The molecule has 1 fully saturated rings. The van der Waals surface area contributed by atoms with Gasteiger partial charge in [-0.15, -0.1) is 0 Å². The highest BCUT2D eigenvalue weighted by atomic mass is 19.1. The lowest BCUT2D eigenvalue weighted by molar-refractivity contribution is -0.128. The number of hydrogen-bond acceptors (Lipinski definition) is 5. The molecule has 7 heteroatoms. The minimum Gasteiger partial charge on any atom is -0.389 e. The fourth-order valence-electron chi connectivity index (χ4n) is 3.32. The summed E-state index contributed by atoms with van der Waals surface area (Å²) >= 11 is 0. The maximum atomic E-state index is 14.2. The molecule has 1 aromatic heterocycles. The molecular formula is C18H22FN3O3. The Morgan fingerprint density at radius 3 is 2.72 bits per heavy atom. The molecule has 1 aliphatic carbocycles. The van der Waals surface area contributed by atoms with E-state index in [9.17, 15) is 14.3 Å². The minimum atomic E-state index is -0.991. The van der Waals surface area contributed by atoms with Crippen molar-refractivity contribution in [2.75, 3.05) is 0 Å². The van der Waals surface area contributed by atoms with Crippen molar-refractivity contribution in [2.45, 2.75) is 57.1 Å². The zero-order valence-corrected chi connectivity index (χ0v) is 14.2. The minimum absolute atomic E-state index is 0.0191. The first kappa shape index (κ1) is 17.5. The number of aromatic nitrogens is 2. The highest BCUT2D eigenvalue weighted by molar-refractivity contribution is 5.78. The maximum absolute atomic E-state index is 14.2. The molecule has 2 N–H and O–H groups in total. The van der Waals surface area contributed by atoms with E-state index in [1.54, 1.807) is 25.1 Å². The Labute approximate surface area is 145 Å². The van der Waals surface area contributed by atoms with Crippen LogP contribution in [-0.4, -0.2) is 26.8 Å². The Balaban J connectivity index is 1.80. The summed E-state index contributed by atoms with van der Waals surface area (Å²) in [5, 5.41) is 17.1. The van der Waals surface area contributed by atoms with Crippen molar-refractivity contribution in [3.8, 4) is 0 Å². The monoisotopic (exact) mass is 347 g/mol. The van der Waals surface area contributed by atoms with Crippen molar-refractivity contribution >= 4 is 5.91 Å². The van der Waals surface area contributed by atoms with Crippen LogP contribution in [0.1, 0.15) is 61.8 Å². The van der Waals surface area contributed by atoms with Crippen LogP contribution in [-0.2, 0) is 4.79 Å². The van der Waals surface area contributed by atoms with Gasteiger partial charge in [0.25, 0.3) is 0 Å². The molecule has 1 aliphatic rings. The fourth-order valence-corrected chi connectivity index (χ4v) is 3.32. The summed E-state index contributed by atoms with van der Waals surface area (Å²) in [4.78, 5) is 16.6. The molecule has 25 heavy (non-hydrogen) atoms. The third-order valence-corrected chi connectivity index (χ3v) is 4.60. The zero-order chi connectivity index (χ0) is 17.9. The number of aryl methyl sites for hydroxylation is 1. The summed E-state index contributed by atoms with van der Waals surface area (Å²) in [6.07, 6.45) is 4.08. The van der Waals surface area contributed by atoms with E-state index in [4.69, 9.17) is 4.52 Å². The van der Waals surface area contributed by atoms with Crippen LogP contribution < -0.4 is 5.32 Å². The van der Waals surface area contributed by atoms with E-state index in [-0.39, 0.29) is 23.7 Å². The number of nitrogens with one attached hydrogen (secondary N) is 1. The van der Waals surface area contributed by atoms with Crippen LogP contribution in [0.15, 0.2) is 28.8 Å². The van der Waals surface area contributed by atoms with Crippen molar-refractivity contribution in [1.29, 1.82) is 0 Å². The summed E-state index contributed by atoms with van der Waals surface area (Å²) in [6.45, 7) is 1.63. The molecule has 0 spiro atoms. The number of benzene rings is 1. The van der Waals surface area contributed by atoms with Gasteiger partial charge >= 0.3 is 0 Å². The van der Waals surface area contributed by atoms with Crippen molar-refractivity contribution in [1.82, 2.24) is 15.5 Å². The van der Waals surface area contributed by atoms with Crippen LogP contribution in [0.2, 0.25) is 0 Å². The second-order valence-electron chi connectivity index (χ2n) is 6.66. The smallest absolute Gasteiger partial charge is 0.223 e. The standard InChI is InChI=1S/C18H22FN3O3/c1-12-20-17(22-25-12)16(13-7-3-4-8-14(13)19)21-15(23)11-18(24)9-5-2-6-10-18/h3-4,7-8,16,24H,2,5-6,9-11H2,1H3,(H,21,23).